The molecule has 6 heteroatoms. The van der Waals surface area contributed by atoms with Crippen molar-refractivity contribution in [2.45, 2.75) is 93.8 Å². The number of fused-ring (bicyclic) bond motifs is 1. The van der Waals surface area contributed by atoms with Crippen LogP contribution in [0, 0.1) is 11.8 Å². The fourth-order valence-electron chi connectivity index (χ4n) is 4.69. The van der Waals surface area contributed by atoms with Gasteiger partial charge in [0.1, 0.15) is 0 Å². The number of aliphatic hydroxyl groups is 1. The van der Waals surface area contributed by atoms with Crippen LogP contribution in [0.4, 0.5) is 0 Å². The van der Waals surface area contributed by atoms with Gasteiger partial charge in [-0.3, -0.25) is 0 Å². The van der Waals surface area contributed by atoms with Crippen LogP contribution in [0.25, 0.3) is 0 Å². The van der Waals surface area contributed by atoms with Crippen LogP contribution in [0.15, 0.2) is 0 Å². The first-order valence-corrected chi connectivity index (χ1v) is 16.0. The molecule has 2 rings (SSSR count). The number of rotatable bonds is 3. The summed E-state index contributed by atoms with van der Waals surface area (Å²) < 4.78 is 11.2. The second-order valence-electron chi connectivity index (χ2n) is 9.52. The van der Waals surface area contributed by atoms with E-state index in [1.165, 1.54) is 43.1 Å². The summed E-state index contributed by atoms with van der Waals surface area (Å²) in [7, 11) is 0. The van der Waals surface area contributed by atoms with E-state index in [1.54, 1.807) is 0 Å². The van der Waals surface area contributed by atoms with Crippen molar-refractivity contribution >= 4 is 36.0 Å². The normalized spacial score (nSPS) is 35.4. The van der Waals surface area contributed by atoms with Gasteiger partial charge in [-0.1, -0.05) is 0 Å². The Bertz CT molecular complexity index is 452. The van der Waals surface area contributed by atoms with Crippen LogP contribution in [0.1, 0.15) is 73.1 Å². The van der Waals surface area contributed by atoms with Crippen molar-refractivity contribution < 1.29 is 9.84 Å². The molecule has 0 amide bonds. The Kier molecular flexibility index (Phi) is 11.0. The number of hydrogen-bond acceptors (Lipinski definition) is 4. The molecule has 0 saturated carbocycles. The number of nitrogens with zero attached hydrogens (tertiary/aromatic N) is 1. The van der Waals surface area contributed by atoms with Gasteiger partial charge in [0.15, 0.2) is 0 Å². The molecule has 4 nitrogen and oxygen atoms in total. The van der Waals surface area contributed by atoms with E-state index in [4.69, 9.17) is 4.74 Å². The van der Waals surface area contributed by atoms with Crippen LogP contribution in [0.3, 0.4) is 0 Å². The Hall–Kier alpha value is 1.05. The topological polar surface area (TPSA) is 44.7 Å². The predicted molar refractivity (Wildman–Crippen MR) is 133 cm³/mol. The second-order valence-corrected chi connectivity index (χ2v) is 17.0. The molecular formula is C22H44BrIN2O2. The average Bonchev–Trinajstić information content (AvgIpc) is 2.60. The molecule has 0 bridgehead atoms. The Morgan fingerprint density at radius 2 is 2.07 bits per heavy atom. The van der Waals surface area contributed by atoms with Crippen molar-refractivity contribution in [3.8, 4) is 0 Å². The molecule has 0 aliphatic carbocycles. The molecule has 0 aromatic rings. The van der Waals surface area contributed by atoms with E-state index >= 15 is 0 Å². The van der Waals surface area contributed by atoms with Crippen LogP contribution < -0.4 is 5.32 Å². The third-order valence-corrected chi connectivity index (χ3v) is 14.9. The first-order valence-electron chi connectivity index (χ1n) is 11.3. The van der Waals surface area contributed by atoms with Crippen molar-refractivity contribution in [3.05, 3.63) is 0 Å². The zero-order valence-corrected chi connectivity index (χ0v) is 22.5. The molecule has 168 valence electrons. The summed E-state index contributed by atoms with van der Waals surface area (Å²) in [6, 6.07) is 0. The SMILES string of the molecule is CCN1CCNCC(O)OC(C)(C)CCCC(CC(C)C)C2CC(Br)CCI21. The van der Waals surface area contributed by atoms with Gasteiger partial charge in [0.2, 0.25) is 0 Å². The first-order chi connectivity index (χ1) is 13.2. The van der Waals surface area contributed by atoms with E-state index in [0.29, 0.717) is 11.4 Å². The molecule has 2 aliphatic heterocycles. The summed E-state index contributed by atoms with van der Waals surface area (Å²) >= 11 is 2.81. The minimum atomic E-state index is -1.18. The van der Waals surface area contributed by atoms with Gasteiger partial charge in [-0.05, 0) is 0 Å². The summed E-state index contributed by atoms with van der Waals surface area (Å²) in [6.45, 7) is 15.2. The van der Waals surface area contributed by atoms with Crippen LogP contribution in [0.2, 0.25) is 0 Å². The monoisotopic (exact) mass is 574 g/mol. The summed E-state index contributed by atoms with van der Waals surface area (Å²) in [5, 5.41) is 13.7. The van der Waals surface area contributed by atoms with Crippen molar-refractivity contribution in [2.75, 3.05) is 30.6 Å². The number of alkyl halides is 3. The van der Waals surface area contributed by atoms with Crippen LogP contribution in [-0.4, -0.2) is 59.5 Å². The fourth-order valence-corrected chi connectivity index (χ4v) is 15.5. The molecule has 0 radical (unpaired) electrons. The van der Waals surface area contributed by atoms with E-state index in [9.17, 15) is 5.11 Å². The average molecular weight is 575 g/mol. The molecule has 0 aromatic carbocycles. The Morgan fingerprint density at radius 1 is 1.32 bits per heavy atom. The number of ether oxygens (including phenoxy) is 1. The number of aliphatic hydroxyl groups excluding tert-OH is 1. The first kappa shape index (κ1) is 25.3. The summed E-state index contributed by atoms with van der Waals surface area (Å²) in [5.74, 6) is 1.61. The predicted octanol–water partition coefficient (Wildman–Crippen LogP) is 5.21. The number of nitrogens with one attached hydrogen (secondary N) is 1. The van der Waals surface area contributed by atoms with Gasteiger partial charge in [0.05, 0.1) is 0 Å². The molecule has 4 unspecified atom stereocenters. The van der Waals surface area contributed by atoms with Gasteiger partial charge in [-0.25, -0.2) is 0 Å². The maximum absolute atomic E-state index is 10.3. The van der Waals surface area contributed by atoms with Crippen LogP contribution >= 0.6 is 36.0 Å². The molecule has 2 N–H and O–H groups in total. The van der Waals surface area contributed by atoms with E-state index in [2.05, 4.69) is 59.0 Å². The van der Waals surface area contributed by atoms with Crippen molar-refractivity contribution in [1.29, 1.82) is 0 Å². The van der Waals surface area contributed by atoms with Gasteiger partial charge in [0.25, 0.3) is 0 Å². The third-order valence-electron chi connectivity index (χ3n) is 6.02. The van der Waals surface area contributed by atoms with Crippen LogP contribution in [-0.2, 0) is 4.74 Å². The molecular weight excluding hydrogens is 531 g/mol. The number of hydrogen-bond donors (Lipinski definition) is 2. The van der Waals surface area contributed by atoms with Gasteiger partial charge < -0.3 is 0 Å². The van der Waals surface area contributed by atoms with Crippen molar-refractivity contribution in [1.82, 2.24) is 8.43 Å². The fraction of sp³-hybridized carbons (Fsp3) is 1.00. The molecule has 2 saturated heterocycles. The third kappa shape index (κ3) is 8.29. The van der Waals surface area contributed by atoms with Crippen LogP contribution in [0.5, 0.6) is 0 Å². The second kappa shape index (κ2) is 12.2. The van der Waals surface area contributed by atoms with Gasteiger partial charge in [-0.2, -0.15) is 0 Å². The Labute approximate surface area is 189 Å². The molecule has 28 heavy (non-hydrogen) atoms. The molecule has 0 aromatic heterocycles. The molecule has 0 spiro atoms. The van der Waals surface area contributed by atoms with E-state index in [1.807, 2.05) is 0 Å². The molecule has 2 fully saturated rings. The number of halogens is 2. The zero-order chi connectivity index (χ0) is 20.7. The van der Waals surface area contributed by atoms with Gasteiger partial charge in [0, 0.05) is 0 Å². The summed E-state index contributed by atoms with van der Waals surface area (Å²) in [6.07, 6.45) is 6.92. The number of likely N-dealkylation sites (N-methyl/N-ethyl adjacent to an activating group) is 1. The standard InChI is InChI=1S/C22H44BrIN2O2/c1-6-26-13-12-25-16-21(27)28-22(4,5)10-7-8-18(14-17(2)3)20-15-19(23)9-11-24(20)26/h17-21,25,27H,6-16H2,1-5H3. The minimum absolute atomic E-state index is 0.258. The maximum atomic E-state index is 10.3. The summed E-state index contributed by atoms with van der Waals surface area (Å²) in [4.78, 5) is 0.714. The number of β-amino-alcohol motifs (C(OH)–C–C–N with tert-alkyl or cyclic N) is 1. The van der Waals surface area contributed by atoms with E-state index < -0.39 is 26.4 Å². The van der Waals surface area contributed by atoms with Gasteiger partial charge in [-0.15, -0.1) is 0 Å². The molecule has 4 atom stereocenters. The Morgan fingerprint density at radius 3 is 2.75 bits per heavy atom. The quantitative estimate of drug-likeness (QED) is 0.276. The zero-order valence-electron chi connectivity index (χ0n) is 18.7. The molecule has 2 aliphatic rings. The van der Waals surface area contributed by atoms with E-state index in [0.717, 1.165) is 35.3 Å². The Balaban J connectivity index is 2.20. The molecule has 2 heterocycles. The van der Waals surface area contributed by atoms with Crippen molar-refractivity contribution in [3.63, 3.8) is 0 Å². The van der Waals surface area contributed by atoms with Gasteiger partial charge >= 0.3 is 191 Å². The van der Waals surface area contributed by atoms with E-state index in [-0.39, 0.29) is 5.60 Å². The van der Waals surface area contributed by atoms with Crippen molar-refractivity contribution in [2.24, 2.45) is 11.8 Å². The summed E-state index contributed by atoms with van der Waals surface area (Å²) in [5.41, 5.74) is -0.258.